The van der Waals surface area contributed by atoms with E-state index in [4.69, 9.17) is 20.5 Å². The van der Waals surface area contributed by atoms with E-state index >= 15 is 0 Å². The molecule has 0 amide bonds. The first-order valence-electron chi connectivity index (χ1n) is 6.16. The maximum Gasteiger partial charge on any atom is 0.343 e. The van der Waals surface area contributed by atoms with Crippen LogP contribution in [0.3, 0.4) is 0 Å². The molecular formula is C12H16N4O3. The van der Waals surface area contributed by atoms with E-state index in [2.05, 4.69) is 11.2 Å². The molecule has 0 bridgehead atoms. The van der Waals surface area contributed by atoms with Gasteiger partial charge < -0.3 is 15.2 Å². The fourth-order valence-corrected chi connectivity index (χ4v) is 2.08. The van der Waals surface area contributed by atoms with Gasteiger partial charge in [0, 0.05) is 12.8 Å². The quantitative estimate of drug-likeness (QED) is 0.808. The molecule has 0 aromatic carbocycles. The first kappa shape index (κ1) is 13.4. The first-order chi connectivity index (χ1) is 9.17. The molecule has 7 heteroatoms. The van der Waals surface area contributed by atoms with E-state index in [1.165, 1.54) is 10.9 Å². The minimum atomic E-state index is -0.503. The lowest BCUT2D eigenvalue weighted by molar-refractivity contribution is 0.0340. The second-order valence-electron chi connectivity index (χ2n) is 4.30. The van der Waals surface area contributed by atoms with Gasteiger partial charge in [-0.2, -0.15) is 10.4 Å². The van der Waals surface area contributed by atoms with Crippen molar-refractivity contribution in [1.29, 1.82) is 5.26 Å². The SMILES string of the molecule is CCOC(=O)c1cn(C2COCCC2C#N)nc1N. The van der Waals surface area contributed by atoms with Gasteiger partial charge in [0.05, 0.1) is 31.2 Å². The lowest BCUT2D eigenvalue weighted by Gasteiger charge is -2.26. The number of carbonyl (C=O) groups is 1. The monoisotopic (exact) mass is 264 g/mol. The van der Waals surface area contributed by atoms with Gasteiger partial charge in [0.2, 0.25) is 0 Å². The zero-order chi connectivity index (χ0) is 13.8. The van der Waals surface area contributed by atoms with Gasteiger partial charge in [0.25, 0.3) is 0 Å². The Bertz CT molecular complexity index is 506. The molecule has 2 heterocycles. The van der Waals surface area contributed by atoms with E-state index in [-0.39, 0.29) is 29.9 Å². The number of rotatable bonds is 3. The number of hydrogen-bond donors (Lipinski definition) is 1. The minimum absolute atomic E-state index is 0.112. The molecule has 0 spiro atoms. The van der Waals surface area contributed by atoms with E-state index in [0.717, 1.165) is 0 Å². The highest BCUT2D eigenvalue weighted by molar-refractivity contribution is 5.93. The molecule has 102 valence electrons. The number of nitrogens with two attached hydrogens (primary N) is 1. The van der Waals surface area contributed by atoms with Crippen LogP contribution in [-0.4, -0.2) is 35.6 Å². The fourth-order valence-electron chi connectivity index (χ4n) is 2.08. The van der Waals surface area contributed by atoms with Gasteiger partial charge in [-0.25, -0.2) is 4.79 Å². The Balaban J connectivity index is 2.23. The third kappa shape index (κ3) is 2.69. The molecule has 1 aromatic heterocycles. The van der Waals surface area contributed by atoms with Crippen molar-refractivity contribution in [2.75, 3.05) is 25.6 Å². The zero-order valence-electron chi connectivity index (χ0n) is 10.7. The average molecular weight is 264 g/mol. The summed E-state index contributed by atoms with van der Waals surface area (Å²) in [5.41, 5.74) is 5.94. The van der Waals surface area contributed by atoms with E-state index in [1.54, 1.807) is 6.92 Å². The number of carbonyl (C=O) groups excluding carboxylic acids is 1. The molecule has 2 unspecified atom stereocenters. The predicted molar refractivity (Wildman–Crippen MR) is 66.2 cm³/mol. The van der Waals surface area contributed by atoms with E-state index in [0.29, 0.717) is 19.6 Å². The van der Waals surface area contributed by atoms with Crippen molar-refractivity contribution < 1.29 is 14.3 Å². The molecule has 1 fully saturated rings. The summed E-state index contributed by atoms with van der Waals surface area (Å²) in [5, 5.41) is 13.2. The van der Waals surface area contributed by atoms with Crippen LogP contribution in [0.2, 0.25) is 0 Å². The van der Waals surface area contributed by atoms with Crippen LogP contribution < -0.4 is 5.73 Å². The van der Waals surface area contributed by atoms with Gasteiger partial charge in [-0.05, 0) is 13.3 Å². The molecule has 0 radical (unpaired) electrons. The maximum absolute atomic E-state index is 11.7. The molecule has 1 aliphatic heterocycles. The average Bonchev–Trinajstić information content (AvgIpc) is 2.81. The molecule has 0 saturated carbocycles. The molecule has 19 heavy (non-hydrogen) atoms. The highest BCUT2D eigenvalue weighted by Gasteiger charge is 2.29. The topological polar surface area (TPSA) is 103 Å². The van der Waals surface area contributed by atoms with Crippen LogP contribution in [0.15, 0.2) is 6.20 Å². The number of nitrogens with zero attached hydrogens (tertiary/aromatic N) is 3. The van der Waals surface area contributed by atoms with Gasteiger partial charge in [-0.1, -0.05) is 0 Å². The van der Waals surface area contributed by atoms with Gasteiger partial charge >= 0.3 is 5.97 Å². The standard InChI is InChI=1S/C12H16N4O3/c1-2-19-12(17)9-6-16(15-11(9)14)10-7-18-4-3-8(10)5-13/h6,8,10H,2-4,7H2,1H3,(H2,14,15). The molecule has 7 nitrogen and oxygen atoms in total. The molecule has 2 N–H and O–H groups in total. The van der Waals surface area contributed by atoms with Crippen molar-refractivity contribution in [3.8, 4) is 6.07 Å². The summed E-state index contributed by atoms with van der Waals surface area (Å²) >= 11 is 0. The number of ether oxygens (including phenoxy) is 2. The van der Waals surface area contributed by atoms with Crippen LogP contribution in [-0.2, 0) is 9.47 Å². The smallest absolute Gasteiger partial charge is 0.343 e. The molecule has 1 saturated heterocycles. The highest BCUT2D eigenvalue weighted by Crippen LogP contribution is 2.27. The minimum Gasteiger partial charge on any atom is -0.462 e. The van der Waals surface area contributed by atoms with E-state index in [9.17, 15) is 4.79 Å². The number of esters is 1. The second-order valence-corrected chi connectivity index (χ2v) is 4.30. The van der Waals surface area contributed by atoms with Crippen LogP contribution in [0.4, 0.5) is 5.82 Å². The Hall–Kier alpha value is -2.07. The van der Waals surface area contributed by atoms with Crippen molar-refractivity contribution in [2.24, 2.45) is 5.92 Å². The Labute approximate surface area is 110 Å². The van der Waals surface area contributed by atoms with Crippen LogP contribution in [0.5, 0.6) is 0 Å². The van der Waals surface area contributed by atoms with Gasteiger partial charge in [0.15, 0.2) is 5.82 Å². The van der Waals surface area contributed by atoms with Crippen molar-refractivity contribution in [3.05, 3.63) is 11.8 Å². The van der Waals surface area contributed by atoms with Crippen LogP contribution >= 0.6 is 0 Å². The van der Waals surface area contributed by atoms with Gasteiger partial charge in [-0.15, -0.1) is 0 Å². The Morgan fingerprint density at radius 3 is 3.26 bits per heavy atom. The van der Waals surface area contributed by atoms with Gasteiger partial charge in [0.1, 0.15) is 5.56 Å². The largest absolute Gasteiger partial charge is 0.462 e. The molecule has 2 atom stereocenters. The van der Waals surface area contributed by atoms with Crippen LogP contribution in [0.25, 0.3) is 0 Å². The lowest BCUT2D eigenvalue weighted by Crippen LogP contribution is -2.29. The number of nitriles is 1. The fraction of sp³-hybridized carbons (Fsp3) is 0.583. The molecule has 1 aromatic rings. The summed E-state index contributed by atoms with van der Waals surface area (Å²) in [6.45, 7) is 2.95. The highest BCUT2D eigenvalue weighted by atomic mass is 16.5. The van der Waals surface area contributed by atoms with Crippen molar-refractivity contribution in [1.82, 2.24) is 9.78 Å². The Kier molecular flexibility index (Phi) is 4.02. The summed E-state index contributed by atoms with van der Waals surface area (Å²) in [6.07, 6.45) is 2.17. The zero-order valence-corrected chi connectivity index (χ0v) is 10.7. The molecule has 2 rings (SSSR count). The summed E-state index contributed by atoms with van der Waals surface area (Å²) in [7, 11) is 0. The van der Waals surface area contributed by atoms with Crippen molar-refractivity contribution in [3.63, 3.8) is 0 Å². The van der Waals surface area contributed by atoms with E-state index < -0.39 is 5.97 Å². The number of aromatic nitrogens is 2. The molecule has 0 aliphatic carbocycles. The lowest BCUT2D eigenvalue weighted by atomic mass is 9.97. The second kappa shape index (κ2) is 5.71. The van der Waals surface area contributed by atoms with Gasteiger partial charge in [-0.3, -0.25) is 4.68 Å². The number of hydrogen-bond acceptors (Lipinski definition) is 6. The summed E-state index contributed by atoms with van der Waals surface area (Å²) < 4.78 is 11.8. The van der Waals surface area contributed by atoms with Crippen molar-refractivity contribution >= 4 is 11.8 Å². The van der Waals surface area contributed by atoms with Crippen molar-refractivity contribution in [2.45, 2.75) is 19.4 Å². The number of anilines is 1. The first-order valence-corrected chi connectivity index (χ1v) is 6.16. The summed E-state index contributed by atoms with van der Waals surface area (Å²) in [5.74, 6) is -0.583. The third-order valence-electron chi connectivity index (χ3n) is 3.09. The third-order valence-corrected chi connectivity index (χ3v) is 3.09. The van der Waals surface area contributed by atoms with Crippen LogP contribution in [0, 0.1) is 17.2 Å². The Morgan fingerprint density at radius 2 is 2.58 bits per heavy atom. The van der Waals surface area contributed by atoms with Crippen LogP contribution in [0.1, 0.15) is 29.7 Å². The normalized spacial score (nSPS) is 22.7. The summed E-state index contributed by atoms with van der Waals surface area (Å²) in [6, 6.07) is 2.02. The Morgan fingerprint density at radius 1 is 1.79 bits per heavy atom. The molecule has 1 aliphatic rings. The maximum atomic E-state index is 11.7. The predicted octanol–water partition coefficient (Wildman–Crippen LogP) is 0.743. The number of nitrogen functional groups attached to an aromatic ring is 1. The molecular weight excluding hydrogens is 248 g/mol. The van der Waals surface area contributed by atoms with E-state index in [1.807, 2.05) is 0 Å². The summed E-state index contributed by atoms with van der Waals surface area (Å²) in [4.78, 5) is 11.7.